The molecule has 2 atom stereocenters. The second-order valence-corrected chi connectivity index (χ2v) is 10.1. The Hall–Kier alpha value is -4.42. The van der Waals surface area contributed by atoms with Crippen LogP contribution >= 0.6 is 0 Å². The average molecular weight is 536 g/mol. The summed E-state index contributed by atoms with van der Waals surface area (Å²) >= 11 is 0. The molecule has 2 unspecified atom stereocenters. The van der Waals surface area contributed by atoms with Gasteiger partial charge in [0.2, 0.25) is 0 Å². The highest BCUT2D eigenvalue weighted by atomic mass is 16.5. The molecule has 0 spiro atoms. The van der Waals surface area contributed by atoms with Crippen LogP contribution < -0.4 is 5.32 Å². The Morgan fingerprint density at radius 3 is 2.40 bits per heavy atom. The number of carboxylic acids is 1. The minimum atomic E-state index is -1.55. The lowest BCUT2D eigenvalue weighted by molar-refractivity contribution is -0.151. The molecule has 2 N–H and O–H groups in total. The predicted molar refractivity (Wildman–Crippen MR) is 156 cm³/mol. The summed E-state index contributed by atoms with van der Waals surface area (Å²) in [6.07, 6.45) is 8.14. The predicted octanol–water partition coefficient (Wildman–Crippen LogP) is 6.50. The third-order valence-corrected chi connectivity index (χ3v) is 7.33. The largest absolute Gasteiger partial charge is 0.474 e. The van der Waals surface area contributed by atoms with Gasteiger partial charge in [-0.1, -0.05) is 104 Å². The summed E-state index contributed by atoms with van der Waals surface area (Å²) < 4.78 is 12.8. The van der Waals surface area contributed by atoms with Crippen LogP contribution in [0.1, 0.15) is 42.2 Å². The summed E-state index contributed by atoms with van der Waals surface area (Å²) in [7, 11) is 0. The number of hydrogen-bond acceptors (Lipinski definition) is 4. The minimum absolute atomic E-state index is 0.289. The van der Waals surface area contributed by atoms with E-state index in [1.807, 2.05) is 103 Å². The van der Waals surface area contributed by atoms with Crippen molar-refractivity contribution in [2.45, 2.75) is 50.9 Å². The quantitative estimate of drug-likeness (QED) is 0.227. The fourth-order valence-electron chi connectivity index (χ4n) is 5.24. The van der Waals surface area contributed by atoms with Gasteiger partial charge in [0.1, 0.15) is 17.4 Å². The van der Waals surface area contributed by atoms with Crippen molar-refractivity contribution in [3.63, 3.8) is 0 Å². The van der Waals surface area contributed by atoms with E-state index in [1.54, 1.807) is 0 Å². The lowest BCUT2D eigenvalue weighted by atomic mass is 9.78. The first-order valence-corrected chi connectivity index (χ1v) is 13.7. The maximum atomic E-state index is 12.8. The molecular weight excluding hydrogens is 502 g/mol. The van der Waals surface area contributed by atoms with E-state index < -0.39 is 23.5 Å². The molecule has 0 saturated heterocycles. The number of nitrogens with one attached hydrogen (secondary N) is 1. The number of fused-ring (bicyclic) bond motifs is 1. The van der Waals surface area contributed by atoms with Gasteiger partial charge in [-0.25, -0.2) is 4.79 Å². The number of aliphatic carboxylic acids is 1. The Balaban J connectivity index is 1.61. The molecule has 1 aromatic heterocycles. The van der Waals surface area contributed by atoms with Crippen LogP contribution in [0.4, 0.5) is 0 Å². The molecule has 0 saturated carbocycles. The van der Waals surface area contributed by atoms with Gasteiger partial charge in [0.25, 0.3) is 0 Å². The van der Waals surface area contributed by atoms with Gasteiger partial charge >= 0.3 is 11.9 Å². The van der Waals surface area contributed by atoms with Crippen LogP contribution in [0.5, 0.6) is 0 Å². The summed E-state index contributed by atoms with van der Waals surface area (Å²) in [6.45, 7) is 2.42. The normalized spacial score (nSPS) is 18.4. The van der Waals surface area contributed by atoms with Gasteiger partial charge in [-0.15, -0.1) is 0 Å². The summed E-state index contributed by atoms with van der Waals surface area (Å²) in [5.41, 5.74) is 3.46. The monoisotopic (exact) mass is 535 g/mol. The molecular formula is C34H33NO5. The molecule has 3 aromatic carbocycles. The third-order valence-electron chi connectivity index (χ3n) is 7.33. The lowest BCUT2D eigenvalue weighted by Crippen LogP contribution is -2.59. The maximum absolute atomic E-state index is 12.8. The number of furan rings is 1. The molecule has 1 aliphatic carbocycles. The summed E-state index contributed by atoms with van der Waals surface area (Å²) in [4.78, 5) is 24.6. The van der Waals surface area contributed by atoms with E-state index in [9.17, 15) is 14.7 Å². The topological polar surface area (TPSA) is 88.8 Å². The van der Waals surface area contributed by atoms with Crippen LogP contribution in [-0.2, 0) is 33.8 Å². The fraction of sp³-hybridized carbons (Fsp3) is 0.235. The number of hydrogen-bond donors (Lipinski definition) is 2. The number of unbranched alkanes of at least 4 members (excludes halogenated alkanes) is 1. The van der Waals surface area contributed by atoms with Crippen LogP contribution in [-0.4, -0.2) is 28.6 Å². The second-order valence-electron chi connectivity index (χ2n) is 10.1. The second kappa shape index (κ2) is 12.2. The lowest BCUT2D eigenvalue weighted by Gasteiger charge is -2.40. The van der Waals surface area contributed by atoms with Gasteiger partial charge in [-0.2, -0.15) is 0 Å². The van der Waals surface area contributed by atoms with Gasteiger partial charge < -0.3 is 19.6 Å². The number of benzene rings is 3. The van der Waals surface area contributed by atoms with Crippen molar-refractivity contribution in [3.05, 3.63) is 126 Å². The smallest absolute Gasteiger partial charge is 0.394 e. The molecule has 0 fully saturated rings. The number of ether oxygens (including phenoxy) is 1. The Bertz CT molecular complexity index is 1540. The van der Waals surface area contributed by atoms with Gasteiger partial charge in [-0.3, -0.25) is 4.79 Å². The van der Waals surface area contributed by atoms with Crippen molar-refractivity contribution >= 4 is 28.4 Å². The highest BCUT2D eigenvalue weighted by Crippen LogP contribution is 2.37. The van der Waals surface area contributed by atoms with Crippen LogP contribution in [0.15, 0.2) is 108 Å². The minimum Gasteiger partial charge on any atom is -0.474 e. The zero-order chi connectivity index (χ0) is 28.0. The van der Waals surface area contributed by atoms with Crippen LogP contribution in [0.25, 0.3) is 16.5 Å². The Morgan fingerprint density at radius 2 is 1.68 bits per heavy atom. The summed E-state index contributed by atoms with van der Waals surface area (Å²) in [5, 5.41) is 13.4. The number of amides is 1. The van der Waals surface area contributed by atoms with E-state index in [-0.39, 0.29) is 6.61 Å². The van der Waals surface area contributed by atoms with E-state index in [0.29, 0.717) is 6.42 Å². The Labute approximate surface area is 234 Å². The standard InChI is InChI=1S/C34H33NO5/c1-2-3-17-30-28(27-16-10-11-18-29(27)40-30)22-34(35-32(36)33(37)38)20-19-26(25-14-8-5-9-15-25)21-31(34)39-23-24-12-6-4-7-13-24/h4-16,18-21,31H,2-3,17,22-23H2,1H3,(H,35,36)(H,37,38). The Morgan fingerprint density at radius 1 is 0.975 bits per heavy atom. The van der Waals surface area contributed by atoms with E-state index in [2.05, 4.69) is 12.2 Å². The molecule has 0 radical (unpaired) electrons. The Kier molecular flexibility index (Phi) is 8.27. The van der Waals surface area contributed by atoms with Crippen LogP contribution in [0.3, 0.4) is 0 Å². The first kappa shape index (κ1) is 27.2. The van der Waals surface area contributed by atoms with Crippen molar-refractivity contribution < 1.29 is 23.8 Å². The average Bonchev–Trinajstić information content (AvgIpc) is 3.33. The van der Waals surface area contributed by atoms with Gasteiger partial charge in [0, 0.05) is 23.8 Å². The SMILES string of the molecule is CCCCc1oc2ccccc2c1CC1(NC(=O)C(=O)O)C=CC(c2ccccc2)=CC1OCc1ccccc1. The van der Waals surface area contributed by atoms with Crippen LogP contribution in [0, 0.1) is 0 Å². The van der Waals surface area contributed by atoms with E-state index >= 15 is 0 Å². The van der Waals surface area contributed by atoms with Gasteiger partial charge in [-0.05, 0) is 35.3 Å². The highest BCUT2D eigenvalue weighted by molar-refractivity contribution is 6.31. The number of rotatable bonds is 10. The number of carboxylic acid groups (broad SMARTS) is 1. The molecule has 0 bridgehead atoms. The number of carbonyl (C=O) groups is 2. The maximum Gasteiger partial charge on any atom is 0.394 e. The van der Waals surface area contributed by atoms with Crippen molar-refractivity contribution in [1.82, 2.24) is 5.32 Å². The third kappa shape index (κ3) is 5.92. The van der Waals surface area contributed by atoms with Crippen molar-refractivity contribution in [3.8, 4) is 0 Å². The molecule has 1 aliphatic rings. The number of aryl methyl sites for hydroxylation is 1. The molecule has 1 amide bonds. The molecule has 5 rings (SSSR count). The molecule has 0 aliphatic heterocycles. The number of carbonyl (C=O) groups excluding carboxylic acids is 1. The van der Waals surface area contributed by atoms with Gasteiger partial charge in [0.15, 0.2) is 0 Å². The molecule has 6 nitrogen and oxygen atoms in total. The number of para-hydroxylation sites is 1. The molecule has 40 heavy (non-hydrogen) atoms. The molecule has 204 valence electrons. The van der Waals surface area contributed by atoms with Crippen molar-refractivity contribution in [1.29, 1.82) is 0 Å². The summed E-state index contributed by atoms with van der Waals surface area (Å²) in [5.74, 6) is -1.78. The zero-order valence-corrected chi connectivity index (χ0v) is 22.5. The fourth-order valence-corrected chi connectivity index (χ4v) is 5.24. The summed E-state index contributed by atoms with van der Waals surface area (Å²) in [6, 6.07) is 27.5. The molecule has 1 heterocycles. The van der Waals surface area contributed by atoms with E-state index in [0.717, 1.165) is 58.3 Å². The molecule has 6 heteroatoms. The number of allylic oxidation sites excluding steroid dienone is 2. The first-order valence-electron chi connectivity index (χ1n) is 13.7. The first-order chi connectivity index (χ1) is 19.5. The van der Waals surface area contributed by atoms with E-state index in [1.165, 1.54) is 0 Å². The van der Waals surface area contributed by atoms with Crippen LogP contribution in [0.2, 0.25) is 0 Å². The van der Waals surface area contributed by atoms with Crippen molar-refractivity contribution in [2.75, 3.05) is 0 Å². The zero-order valence-electron chi connectivity index (χ0n) is 22.5. The highest BCUT2D eigenvalue weighted by Gasteiger charge is 2.43. The van der Waals surface area contributed by atoms with Crippen molar-refractivity contribution in [2.24, 2.45) is 0 Å². The van der Waals surface area contributed by atoms with E-state index in [4.69, 9.17) is 9.15 Å². The van der Waals surface area contributed by atoms with Gasteiger partial charge in [0.05, 0.1) is 12.1 Å². The molecule has 4 aromatic rings.